The fraction of sp³-hybridized carbons (Fsp3) is 0.462. The van der Waals surface area contributed by atoms with E-state index in [0.29, 0.717) is 6.61 Å². The molecule has 0 amide bonds. The number of carboxylic acid groups (broad SMARTS) is 1. The molecular weight excluding hydrogens is 250 g/mol. The van der Waals surface area contributed by atoms with E-state index in [0.717, 1.165) is 17.0 Å². The van der Waals surface area contributed by atoms with Crippen LogP contribution in [0.25, 0.3) is 0 Å². The Balaban J connectivity index is 2.46. The summed E-state index contributed by atoms with van der Waals surface area (Å²) in [5.74, 6) is 0.158. The van der Waals surface area contributed by atoms with Crippen molar-refractivity contribution in [3.05, 3.63) is 23.8 Å². The number of nitrogens with zero attached hydrogens (tertiary/aromatic N) is 1. The molecule has 1 N–H and O–H groups in total. The number of aliphatic carboxylic acids is 1. The van der Waals surface area contributed by atoms with E-state index in [1.54, 1.807) is 0 Å². The quantitative estimate of drug-likeness (QED) is 0.822. The molecule has 2 atom stereocenters. The number of thiol groups is 1. The van der Waals surface area contributed by atoms with Gasteiger partial charge in [0, 0.05) is 5.75 Å². The Morgan fingerprint density at radius 1 is 1.67 bits per heavy atom. The lowest BCUT2D eigenvalue weighted by Crippen LogP contribution is -2.52. The standard InChI is InChI=1S/C13H17NO3S/c1-8-3-4-12-10(5-8)14(9(2)6-17-12)11(7-18)13(15)16/h3-5,9,11,18H,6-7H2,1-2H3,(H,15,16). The van der Waals surface area contributed by atoms with E-state index >= 15 is 0 Å². The number of hydrogen-bond donors (Lipinski definition) is 2. The number of benzene rings is 1. The van der Waals surface area contributed by atoms with Crippen LogP contribution in [0, 0.1) is 6.92 Å². The van der Waals surface area contributed by atoms with Crippen LogP contribution >= 0.6 is 12.6 Å². The summed E-state index contributed by atoms with van der Waals surface area (Å²) in [5.41, 5.74) is 1.93. The maximum absolute atomic E-state index is 11.3. The van der Waals surface area contributed by atoms with Gasteiger partial charge in [-0.25, -0.2) is 4.79 Å². The first kappa shape index (κ1) is 13.1. The van der Waals surface area contributed by atoms with Crippen LogP contribution in [-0.2, 0) is 4.79 Å². The molecule has 1 heterocycles. The topological polar surface area (TPSA) is 49.8 Å². The molecule has 0 saturated carbocycles. The van der Waals surface area contributed by atoms with Gasteiger partial charge in [-0.05, 0) is 31.5 Å². The van der Waals surface area contributed by atoms with E-state index in [1.165, 1.54) is 0 Å². The van der Waals surface area contributed by atoms with E-state index in [1.807, 2.05) is 36.9 Å². The zero-order chi connectivity index (χ0) is 13.3. The van der Waals surface area contributed by atoms with E-state index in [-0.39, 0.29) is 11.8 Å². The van der Waals surface area contributed by atoms with Gasteiger partial charge in [0.05, 0.1) is 11.7 Å². The van der Waals surface area contributed by atoms with Crippen molar-refractivity contribution in [3.8, 4) is 5.75 Å². The molecule has 2 unspecified atom stereocenters. The minimum Gasteiger partial charge on any atom is -0.489 e. The molecule has 1 aliphatic rings. The van der Waals surface area contributed by atoms with E-state index in [9.17, 15) is 9.90 Å². The van der Waals surface area contributed by atoms with Crippen LogP contribution in [0.1, 0.15) is 12.5 Å². The summed E-state index contributed by atoms with van der Waals surface area (Å²) in [6.45, 7) is 4.44. The fourth-order valence-corrected chi connectivity index (χ4v) is 2.57. The maximum atomic E-state index is 11.3. The molecular formula is C13H17NO3S. The first-order chi connectivity index (χ1) is 8.54. The van der Waals surface area contributed by atoms with Crippen molar-refractivity contribution in [2.75, 3.05) is 17.3 Å². The highest BCUT2D eigenvalue weighted by molar-refractivity contribution is 7.80. The third kappa shape index (κ3) is 2.27. The molecule has 1 aliphatic heterocycles. The van der Waals surface area contributed by atoms with Crippen LogP contribution in [0.3, 0.4) is 0 Å². The summed E-state index contributed by atoms with van der Waals surface area (Å²) in [5, 5.41) is 9.31. The van der Waals surface area contributed by atoms with Gasteiger partial charge in [-0.15, -0.1) is 0 Å². The number of carboxylic acids is 1. The highest BCUT2D eigenvalue weighted by atomic mass is 32.1. The number of rotatable bonds is 3. The minimum absolute atomic E-state index is 0.0209. The Hall–Kier alpha value is -1.36. The molecule has 98 valence electrons. The largest absolute Gasteiger partial charge is 0.489 e. The zero-order valence-electron chi connectivity index (χ0n) is 10.5. The second kappa shape index (κ2) is 5.10. The predicted molar refractivity (Wildman–Crippen MR) is 73.9 cm³/mol. The number of carbonyl (C=O) groups is 1. The van der Waals surface area contributed by atoms with E-state index in [4.69, 9.17) is 4.74 Å². The SMILES string of the molecule is Cc1ccc2c(c1)N(C(CS)C(=O)O)C(C)CO2. The summed E-state index contributed by atoms with van der Waals surface area (Å²) in [7, 11) is 0. The van der Waals surface area contributed by atoms with Crippen LogP contribution < -0.4 is 9.64 Å². The molecule has 0 saturated heterocycles. The van der Waals surface area contributed by atoms with Crippen LogP contribution in [0.15, 0.2) is 18.2 Å². The smallest absolute Gasteiger partial charge is 0.327 e. The Morgan fingerprint density at radius 3 is 3.00 bits per heavy atom. The summed E-state index contributed by atoms with van der Waals surface area (Å²) in [6.07, 6.45) is 0. The van der Waals surface area contributed by atoms with Gasteiger partial charge in [-0.3, -0.25) is 0 Å². The highest BCUT2D eigenvalue weighted by Crippen LogP contribution is 2.36. The maximum Gasteiger partial charge on any atom is 0.327 e. The summed E-state index contributed by atoms with van der Waals surface area (Å²) in [4.78, 5) is 13.2. The molecule has 1 aromatic rings. The van der Waals surface area contributed by atoms with Crippen molar-refractivity contribution < 1.29 is 14.6 Å². The Labute approximate surface area is 112 Å². The van der Waals surface area contributed by atoms with Crippen LogP contribution in [0.5, 0.6) is 5.75 Å². The van der Waals surface area contributed by atoms with Gasteiger partial charge in [0.25, 0.3) is 0 Å². The second-order valence-electron chi connectivity index (χ2n) is 4.58. The van der Waals surface area contributed by atoms with Crippen molar-refractivity contribution in [1.29, 1.82) is 0 Å². The van der Waals surface area contributed by atoms with Gasteiger partial charge in [0.15, 0.2) is 0 Å². The highest BCUT2D eigenvalue weighted by Gasteiger charge is 2.33. The molecule has 0 radical (unpaired) electrons. The molecule has 5 heteroatoms. The second-order valence-corrected chi connectivity index (χ2v) is 4.94. The molecule has 0 bridgehead atoms. The van der Waals surface area contributed by atoms with E-state index in [2.05, 4.69) is 12.6 Å². The van der Waals surface area contributed by atoms with E-state index < -0.39 is 12.0 Å². The van der Waals surface area contributed by atoms with Gasteiger partial charge >= 0.3 is 5.97 Å². The average Bonchev–Trinajstić information content (AvgIpc) is 2.32. The molecule has 18 heavy (non-hydrogen) atoms. The lowest BCUT2D eigenvalue weighted by atomic mass is 10.1. The summed E-state index contributed by atoms with van der Waals surface area (Å²) < 4.78 is 5.64. The van der Waals surface area contributed by atoms with Gasteiger partial charge < -0.3 is 14.7 Å². The monoisotopic (exact) mass is 267 g/mol. The molecule has 1 aromatic carbocycles. The Kier molecular flexibility index (Phi) is 3.71. The Morgan fingerprint density at radius 2 is 2.39 bits per heavy atom. The lowest BCUT2D eigenvalue weighted by Gasteiger charge is -2.40. The lowest BCUT2D eigenvalue weighted by molar-refractivity contribution is -0.138. The number of ether oxygens (including phenoxy) is 1. The zero-order valence-corrected chi connectivity index (χ0v) is 11.4. The predicted octanol–water partition coefficient (Wildman–Crippen LogP) is 1.97. The van der Waals surface area contributed by atoms with Crippen molar-refractivity contribution in [2.45, 2.75) is 25.9 Å². The third-order valence-corrected chi connectivity index (χ3v) is 3.49. The van der Waals surface area contributed by atoms with Crippen LogP contribution in [-0.4, -0.2) is 35.5 Å². The van der Waals surface area contributed by atoms with Crippen molar-refractivity contribution >= 4 is 24.3 Å². The molecule has 0 fully saturated rings. The summed E-state index contributed by atoms with van der Waals surface area (Å²) in [6, 6.07) is 5.20. The van der Waals surface area contributed by atoms with Gasteiger partial charge in [-0.1, -0.05) is 6.07 Å². The summed E-state index contributed by atoms with van der Waals surface area (Å²) >= 11 is 4.16. The first-order valence-electron chi connectivity index (χ1n) is 5.90. The fourth-order valence-electron chi connectivity index (χ4n) is 2.24. The minimum atomic E-state index is -0.855. The van der Waals surface area contributed by atoms with Crippen molar-refractivity contribution in [2.24, 2.45) is 0 Å². The molecule has 0 spiro atoms. The molecule has 0 aromatic heterocycles. The number of anilines is 1. The van der Waals surface area contributed by atoms with Crippen LogP contribution in [0.4, 0.5) is 5.69 Å². The average molecular weight is 267 g/mol. The normalized spacial score (nSPS) is 19.9. The van der Waals surface area contributed by atoms with Gasteiger partial charge in [-0.2, -0.15) is 12.6 Å². The van der Waals surface area contributed by atoms with Crippen molar-refractivity contribution in [3.63, 3.8) is 0 Å². The van der Waals surface area contributed by atoms with Crippen molar-refractivity contribution in [1.82, 2.24) is 0 Å². The van der Waals surface area contributed by atoms with Gasteiger partial charge in [0.1, 0.15) is 18.4 Å². The molecule has 2 rings (SSSR count). The third-order valence-electron chi connectivity index (χ3n) is 3.14. The number of hydrogen-bond acceptors (Lipinski definition) is 4. The number of fused-ring (bicyclic) bond motifs is 1. The molecule has 0 aliphatic carbocycles. The number of aryl methyl sites for hydroxylation is 1. The van der Waals surface area contributed by atoms with Crippen LogP contribution in [0.2, 0.25) is 0 Å². The van der Waals surface area contributed by atoms with Gasteiger partial charge in [0.2, 0.25) is 0 Å². The first-order valence-corrected chi connectivity index (χ1v) is 6.53. The molecule has 4 nitrogen and oxygen atoms in total. The Bertz CT molecular complexity index is 464.